The Morgan fingerprint density at radius 3 is 2.14 bits per heavy atom. The van der Waals surface area contributed by atoms with E-state index in [1.165, 1.54) is 34.8 Å². The maximum absolute atomic E-state index is 14.9. The van der Waals surface area contributed by atoms with Gasteiger partial charge in [-0.25, -0.2) is 14.4 Å². The third-order valence-electron chi connectivity index (χ3n) is 5.64. The normalized spacial score (nSPS) is 12.7. The van der Waals surface area contributed by atoms with Crippen molar-refractivity contribution in [1.29, 1.82) is 0 Å². The van der Waals surface area contributed by atoms with E-state index in [4.69, 9.17) is 0 Å². The second-order valence-electron chi connectivity index (χ2n) is 8.22. The van der Waals surface area contributed by atoms with Gasteiger partial charge in [-0.1, -0.05) is 6.07 Å². The van der Waals surface area contributed by atoms with Crippen molar-refractivity contribution in [2.75, 3.05) is 10.6 Å². The largest absolute Gasteiger partial charge is 0.349 e. The van der Waals surface area contributed by atoms with Crippen LogP contribution in [0.5, 0.6) is 0 Å². The van der Waals surface area contributed by atoms with Gasteiger partial charge in [0.15, 0.2) is 10.3 Å². The molecule has 3 amide bonds. The second kappa shape index (κ2) is 9.96. The number of aromatic nitrogens is 2. The lowest BCUT2D eigenvalue weighted by atomic mass is 9.92. The summed E-state index contributed by atoms with van der Waals surface area (Å²) in [6.45, 7) is 1.58. The molecule has 0 aliphatic heterocycles. The van der Waals surface area contributed by atoms with E-state index in [1.54, 1.807) is 48.3 Å². The van der Waals surface area contributed by atoms with Gasteiger partial charge in [0.1, 0.15) is 5.82 Å². The van der Waals surface area contributed by atoms with Crippen LogP contribution in [-0.2, 0) is 0 Å². The van der Waals surface area contributed by atoms with Gasteiger partial charge in [-0.05, 0) is 60.7 Å². The molecule has 4 aromatic rings. The van der Waals surface area contributed by atoms with Crippen LogP contribution in [0.15, 0.2) is 53.5 Å². The molecular formula is C25H20FN5O3S2. The van der Waals surface area contributed by atoms with Crippen LogP contribution in [0.1, 0.15) is 49.5 Å². The Hall–Kier alpha value is -3.96. The van der Waals surface area contributed by atoms with Crippen LogP contribution >= 0.6 is 22.7 Å². The highest BCUT2D eigenvalue weighted by molar-refractivity contribution is 7.14. The van der Waals surface area contributed by atoms with E-state index < -0.39 is 17.6 Å². The van der Waals surface area contributed by atoms with Gasteiger partial charge in [-0.15, -0.1) is 22.7 Å². The molecular weight excluding hydrogens is 501 g/mol. The number of benzene rings is 2. The Labute approximate surface area is 213 Å². The predicted molar refractivity (Wildman–Crippen MR) is 137 cm³/mol. The SMILES string of the molecule is Cc1c(F)cc(C(=O)NC2CC2)cc1-c1ccc(C(=O)Nc2nccs2)cc1C(=O)Nc1nccs1. The number of amides is 3. The molecule has 5 rings (SSSR count). The fourth-order valence-electron chi connectivity index (χ4n) is 3.60. The lowest BCUT2D eigenvalue weighted by Gasteiger charge is -2.15. The third kappa shape index (κ3) is 5.16. The second-order valence-corrected chi connectivity index (χ2v) is 10.0. The standard InChI is InChI=1S/C25H20FN5O3S2/c1-13-18(11-15(12-20(13)26)22(33)29-16-3-4-16)17-5-2-14(21(32)30-24-27-6-8-35-24)10-19(17)23(34)31-25-28-7-9-36-25/h2,5-12,16H,3-4H2,1H3,(H,29,33)(H,27,30,32)(H,28,31,34). The average molecular weight is 522 g/mol. The zero-order chi connectivity index (χ0) is 25.2. The van der Waals surface area contributed by atoms with Crippen LogP contribution in [0.3, 0.4) is 0 Å². The smallest absolute Gasteiger partial charge is 0.258 e. The van der Waals surface area contributed by atoms with Crippen LogP contribution in [0.2, 0.25) is 0 Å². The fraction of sp³-hybridized carbons (Fsp3) is 0.160. The van der Waals surface area contributed by atoms with E-state index in [-0.39, 0.29) is 34.2 Å². The number of carbonyl (C=O) groups excluding carboxylic acids is 3. The zero-order valence-electron chi connectivity index (χ0n) is 19.0. The van der Waals surface area contributed by atoms with Gasteiger partial charge in [0.05, 0.1) is 0 Å². The summed E-state index contributed by atoms with van der Waals surface area (Å²) < 4.78 is 14.9. The first kappa shape index (κ1) is 23.8. The van der Waals surface area contributed by atoms with Gasteiger partial charge < -0.3 is 5.32 Å². The first-order valence-electron chi connectivity index (χ1n) is 11.1. The molecule has 182 valence electrons. The zero-order valence-corrected chi connectivity index (χ0v) is 20.6. The molecule has 2 aromatic carbocycles. The molecule has 0 saturated heterocycles. The van der Waals surface area contributed by atoms with Crippen molar-refractivity contribution < 1.29 is 18.8 Å². The van der Waals surface area contributed by atoms with Crippen LogP contribution in [0.4, 0.5) is 14.7 Å². The number of hydrogen-bond acceptors (Lipinski definition) is 7. The molecule has 2 aromatic heterocycles. The molecule has 1 aliphatic rings. The highest BCUT2D eigenvalue weighted by Gasteiger charge is 2.26. The number of rotatable bonds is 7. The number of hydrogen-bond donors (Lipinski definition) is 3. The molecule has 2 heterocycles. The monoisotopic (exact) mass is 521 g/mol. The summed E-state index contributed by atoms with van der Waals surface area (Å²) in [6, 6.07) is 7.45. The molecule has 0 spiro atoms. The molecule has 0 atom stereocenters. The molecule has 8 nitrogen and oxygen atoms in total. The predicted octanol–water partition coefficient (Wildman–Crippen LogP) is 5.11. The number of halogens is 1. The summed E-state index contributed by atoms with van der Waals surface area (Å²) in [4.78, 5) is 46.9. The Balaban J connectivity index is 1.56. The fourth-order valence-corrected chi connectivity index (χ4v) is 4.65. The molecule has 11 heteroatoms. The summed E-state index contributed by atoms with van der Waals surface area (Å²) in [5.74, 6) is -1.90. The van der Waals surface area contributed by atoms with E-state index in [0.717, 1.165) is 12.8 Å². The average Bonchev–Trinajstić information content (AvgIpc) is 3.28. The summed E-state index contributed by atoms with van der Waals surface area (Å²) in [5.41, 5.74) is 1.57. The van der Waals surface area contributed by atoms with Crippen LogP contribution in [0.25, 0.3) is 11.1 Å². The maximum atomic E-state index is 14.9. The Bertz CT molecular complexity index is 1450. The van der Waals surface area contributed by atoms with Gasteiger partial charge in [-0.3, -0.25) is 25.0 Å². The highest BCUT2D eigenvalue weighted by atomic mass is 32.1. The van der Waals surface area contributed by atoms with Crippen molar-refractivity contribution in [2.45, 2.75) is 25.8 Å². The minimum atomic E-state index is -0.565. The van der Waals surface area contributed by atoms with Gasteiger partial charge >= 0.3 is 0 Å². The minimum Gasteiger partial charge on any atom is -0.349 e. The van der Waals surface area contributed by atoms with E-state index in [1.807, 2.05) is 0 Å². The Morgan fingerprint density at radius 2 is 1.53 bits per heavy atom. The van der Waals surface area contributed by atoms with E-state index in [0.29, 0.717) is 21.4 Å². The van der Waals surface area contributed by atoms with Crippen molar-refractivity contribution in [1.82, 2.24) is 15.3 Å². The summed E-state index contributed by atoms with van der Waals surface area (Å²) in [5, 5.41) is 12.5. The lowest BCUT2D eigenvalue weighted by molar-refractivity contribution is 0.0949. The van der Waals surface area contributed by atoms with Gasteiger partial charge in [0.2, 0.25) is 0 Å². The van der Waals surface area contributed by atoms with Crippen molar-refractivity contribution >= 4 is 50.7 Å². The molecule has 0 bridgehead atoms. The first-order chi connectivity index (χ1) is 17.4. The van der Waals surface area contributed by atoms with E-state index in [9.17, 15) is 18.8 Å². The molecule has 1 saturated carbocycles. The molecule has 0 unspecified atom stereocenters. The van der Waals surface area contributed by atoms with Crippen LogP contribution in [0, 0.1) is 12.7 Å². The number of anilines is 2. The first-order valence-corrected chi connectivity index (χ1v) is 12.8. The number of carbonyl (C=O) groups is 3. The van der Waals surface area contributed by atoms with Crippen molar-refractivity contribution in [3.63, 3.8) is 0 Å². The van der Waals surface area contributed by atoms with E-state index >= 15 is 0 Å². The number of nitrogens with zero attached hydrogens (tertiary/aromatic N) is 2. The third-order valence-corrected chi connectivity index (χ3v) is 7.02. The molecule has 1 aliphatic carbocycles. The maximum Gasteiger partial charge on any atom is 0.258 e. The summed E-state index contributed by atoms with van der Waals surface area (Å²) in [7, 11) is 0. The van der Waals surface area contributed by atoms with E-state index in [2.05, 4.69) is 25.9 Å². The van der Waals surface area contributed by atoms with Crippen molar-refractivity contribution in [3.8, 4) is 11.1 Å². The minimum absolute atomic E-state index is 0.112. The number of thiazole rings is 2. The van der Waals surface area contributed by atoms with Crippen LogP contribution in [-0.4, -0.2) is 33.7 Å². The van der Waals surface area contributed by atoms with Crippen molar-refractivity contribution in [3.05, 3.63) is 81.6 Å². The lowest BCUT2D eigenvalue weighted by Crippen LogP contribution is -2.25. The van der Waals surface area contributed by atoms with Gasteiger partial charge in [0, 0.05) is 45.9 Å². The highest BCUT2D eigenvalue weighted by Crippen LogP contribution is 2.32. The van der Waals surface area contributed by atoms with Crippen LogP contribution < -0.4 is 16.0 Å². The Kier molecular flexibility index (Phi) is 6.57. The molecule has 36 heavy (non-hydrogen) atoms. The Morgan fingerprint density at radius 1 is 0.861 bits per heavy atom. The van der Waals surface area contributed by atoms with Crippen molar-refractivity contribution in [2.24, 2.45) is 0 Å². The quantitative estimate of drug-likeness (QED) is 0.313. The summed E-state index contributed by atoms with van der Waals surface area (Å²) in [6.07, 6.45) is 4.93. The van der Waals surface area contributed by atoms with Gasteiger partial charge in [-0.2, -0.15) is 0 Å². The molecule has 0 radical (unpaired) electrons. The molecule has 1 fully saturated rings. The topological polar surface area (TPSA) is 113 Å². The van der Waals surface area contributed by atoms with Gasteiger partial charge in [0.25, 0.3) is 17.7 Å². The molecule has 3 N–H and O–H groups in total. The number of nitrogens with one attached hydrogen (secondary N) is 3. The summed E-state index contributed by atoms with van der Waals surface area (Å²) >= 11 is 2.51.